The SMILES string of the molecule is CC(=O)OC[C@@H]1O[C@H](Oc2ccc(C(=O)Cc3ccc(Cl)cc3)c(O)c2)[C@@H](OC(C)=O)[C@@H](OC(C)=O)[C@@H]1OC(C)=O. The summed E-state index contributed by atoms with van der Waals surface area (Å²) >= 11 is 5.89. The normalized spacial score (nSPS) is 21.7. The highest BCUT2D eigenvalue weighted by atomic mass is 35.5. The molecule has 0 saturated carbocycles. The monoisotopic (exact) mass is 592 g/mol. The standard InChI is InChI=1S/C28H29ClO12/c1-14(30)36-13-24-25(37-15(2)31)26(38-16(3)32)27(39-17(4)33)28(41-24)40-20-9-10-21(23(35)12-20)22(34)11-18-5-7-19(29)8-6-18/h5-10,12,24-28,35H,11,13H2,1-4H3/t24-,25+,26-,27-,28-/m0/s1. The van der Waals surface area contributed by atoms with Gasteiger partial charge in [0, 0.05) is 45.2 Å². The molecule has 0 aromatic heterocycles. The summed E-state index contributed by atoms with van der Waals surface area (Å²) in [7, 11) is 0. The number of Topliss-reactive ketones (excluding diaryl/α,β-unsaturated/α-hetero) is 1. The van der Waals surface area contributed by atoms with Crippen molar-refractivity contribution in [1.29, 1.82) is 0 Å². The summed E-state index contributed by atoms with van der Waals surface area (Å²) in [5.41, 5.74) is 0.713. The van der Waals surface area contributed by atoms with Gasteiger partial charge in [-0.05, 0) is 29.8 Å². The third-order valence-electron chi connectivity index (χ3n) is 5.75. The number of halogens is 1. The van der Waals surface area contributed by atoms with Gasteiger partial charge in [-0.3, -0.25) is 24.0 Å². The number of phenols is 1. The molecule has 1 aliphatic rings. The van der Waals surface area contributed by atoms with E-state index in [1.807, 2.05) is 0 Å². The Labute approximate surface area is 240 Å². The van der Waals surface area contributed by atoms with Crippen LogP contribution in [0.25, 0.3) is 0 Å². The molecule has 0 bridgehead atoms. The van der Waals surface area contributed by atoms with Crippen LogP contribution in [0.5, 0.6) is 11.5 Å². The topological polar surface area (TPSA) is 161 Å². The van der Waals surface area contributed by atoms with Gasteiger partial charge in [-0.2, -0.15) is 0 Å². The summed E-state index contributed by atoms with van der Waals surface area (Å²) in [6.45, 7) is 4.03. The molecule has 13 heteroatoms. The fourth-order valence-electron chi connectivity index (χ4n) is 4.12. The number of phenolic OH excluding ortho intramolecular Hbond substituents is 1. The lowest BCUT2D eigenvalue weighted by Crippen LogP contribution is -2.63. The van der Waals surface area contributed by atoms with Crippen LogP contribution in [-0.2, 0) is 49.3 Å². The third-order valence-corrected chi connectivity index (χ3v) is 6.00. The van der Waals surface area contributed by atoms with Gasteiger partial charge in [-0.25, -0.2) is 0 Å². The largest absolute Gasteiger partial charge is 0.507 e. The molecule has 3 rings (SSSR count). The van der Waals surface area contributed by atoms with Crippen molar-refractivity contribution in [1.82, 2.24) is 0 Å². The van der Waals surface area contributed by atoms with E-state index in [1.54, 1.807) is 24.3 Å². The van der Waals surface area contributed by atoms with Crippen LogP contribution in [0.2, 0.25) is 5.02 Å². The van der Waals surface area contributed by atoms with Crippen LogP contribution in [-0.4, -0.2) is 72.1 Å². The Morgan fingerprint density at radius 3 is 1.95 bits per heavy atom. The van der Waals surface area contributed by atoms with E-state index in [9.17, 15) is 29.1 Å². The minimum Gasteiger partial charge on any atom is -0.507 e. The van der Waals surface area contributed by atoms with Gasteiger partial charge in [0.15, 0.2) is 18.0 Å². The predicted molar refractivity (Wildman–Crippen MR) is 140 cm³/mol. The number of esters is 4. The van der Waals surface area contributed by atoms with Gasteiger partial charge in [-0.1, -0.05) is 23.7 Å². The Balaban J connectivity index is 1.90. The zero-order valence-corrected chi connectivity index (χ0v) is 23.4. The molecule has 41 heavy (non-hydrogen) atoms. The van der Waals surface area contributed by atoms with Crippen LogP contribution in [0.15, 0.2) is 42.5 Å². The predicted octanol–water partition coefficient (Wildman–Crippen LogP) is 2.93. The fraction of sp³-hybridized carbons (Fsp3) is 0.393. The van der Waals surface area contributed by atoms with Crippen molar-refractivity contribution < 1.29 is 57.5 Å². The number of carbonyl (C=O) groups excluding carboxylic acids is 5. The Bertz CT molecular complexity index is 1290. The van der Waals surface area contributed by atoms with E-state index in [0.717, 1.165) is 33.8 Å². The van der Waals surface area contributed by atoms with Crippen LogP contribution < -0.4 is 4.74 Å². The third kappa shape index (κ3) is 8.92. The molecule has 0 spiro atoms. The highest BCUT2D eigenvalue weighted by Gasteiger charge is 2.53. The van der Waals surface area contributed by atoms with Gasteiger partial charge < -0.3 is 33.5 Å². The molecule has 1 N–H and O–H groups in total. The molecule has 1 heterocycles. The molecule has 1 fully saturated rings. The first kappa shape index (κ1) is 31.4. The second-order valence-electron chi connectivity index (χ2n) is 9.09. The Morgan fingerprint density at radius 1 is 0.805 bits per heavy atom. The number of hydrogen-bond donors (Lipinski definition) is 1. The van der Waals surface area contributed by atoms with Crippen molar-refractivity contribution in [3.8, 4) is 11.5 Å². The summed E-state index contributed by atoms with van der Waals surface area (Å²) in [6.07, 6.45) is -6.93. The van der Waals surface area contributed by atoms with E-state index in [2.05, 4.69) is 0 Å². The van der Waals surface area contributed by atoms with Crippen LogP contribution in [0, 0.1) is 0 Å². The molecule has 1 saturated heterocycles. The lowest BCUT2D eigenvalue weighted by Gasteiger charge is -2.43. The second kappa shape index (κ2) is 14.0. The molecule has 0 aliphatic carbocycles. The van der Waals surface area contributed by atoms with Crippen molar-refractivity contribution in [3.05, 3.63) is 58.6 Å². The first-order valence-corrected chi connectivity index (χ1v) is 12.8. The molecule has 2 aromatic rings. The number of hydrogen-bond acceptors (Lipinski definition) is 12. The maximum Gasteiger partial charge on any atom is 0.303 e. The Hall–Kier alpha value is -4.16. The van der Waals surface area contributed by atoms with E-state index in [-0.39, 0.29) is 23.5 Å². The van der Waals surface area contributed by atoms with Gasteiger partial charge in [0.05, 0.1) is 5.56 Å². The van der Waals surface area contributed by atoms with Gasteiger partial charge in [-0.15, -0.1) is 0 Å². The molecule has 0 radical (unpaired) electrons. The summed E-state index contributed by atoms with van der Waals surface area (Å²) in [6, 6.07) is 10.6. The zero-order valence-electron chi connectivity index (χ0n) is 22.7. The summed E-state index contributed by atoms with van der Waals surface area (Å²) in [5, 5.41) is 11.1. The van der Waals surface area contributed by atoms with Gasteiger partial charge in [0.1, 0.15) is 24.2 Å². The van der Waals surface area contributed by atoms with Crippen LogP contribution in [0.3, 0.4) is 0 Å². The van der Waals surface area contributed by atoms with Crippen molar-refractivity contribution in [2.24, 2.45) is 0 Å². The average molecular weight is 593 g/mol. The zero-order chi connectivity index (χ0) is 30.3. The van der Waals surface area contributed by atoms with E-state index < -0.39 is 66.9 Å². The summed E-state index contributed by atoms with van der Waals surface area (Å²) in [4.78, 5) is 60.1. The van der Waals surface area contributed by atoms with E-state index in [0.29, 0.717) is 10.6 Å². The van der Waals surface area contributed by atoms with Crippen molar-refractivity contribution in [3.63, 3.8) is 0 Å². The van der Waals surface area contributed by atoms with E-state index >= 15 is 0 Å². The van der Waals surface area contributed by atoms with Gasteiger partial charge >= 0.3 is 23.9 Å². The first-order chi connectivity index (χ1) is 19.3. The lowest BCUT2D eigenvalue weighted by molar-refractivity contribution is -0.288. The molecule has 220 valence electrons. The Kier molecular flexibility index (Phi) is 10.7. The molecule has 0 unspecified atom stereocenters. The quantitative estimate of drug-likeness (QED) is 0.244. The highest BCUT2D eigenvalue weighted by Crippen LogP contribution is 2.33. The lowest BCUT2D eigenvalue weighted by atomic mass is 9.98. The van der Waals surface area contributed by atoms with E-state index in [4.69, 9.17) is 40.0 Å². The van der Waals surface area contributed by atoms with Crippen molar-refractivity contribution in [2.45, 2.75) is 64.8 Å². The summed E-state index contributed by atoms with van der Waals surface area (Å²) in [5.74, 6) is -3.80. The van der Waals surface area contributed by atoms with Crippen LogP contribution in [0.1, 0.15) is 43.6 Å². The molecule has 5 atom stereocenters. The summed E-state index contributed by atoms with van der Waals surface area (Å²) < 4.78 is 32.8. The van der Waals surface area contributed by atoms with Crippen LogP contribution in [0.4, 0.5) is 0 Å². The Morgan fingerprint density at radius 2 is 1.39 bits per heavy atom. The van der Waals surface area contributed by atoms with Gasteiger partial charge in [0.2, 0.25) is 12.4 Å². The smallest absolute Gasteiger partial charge is 0.303 e. The van der Waals surface area contributed by atoms with E-state index in [1.165, 1.54) is 12.1 Å². The van der Waals surface area contributed by atoms with Crippen molar-refractivity contribution >= 4 is 41.3 Å². The maximum atomic E-state index is 12.8. The highest BCUT2D eigenvalue weighted by molar-refractivity contribution is 6.30. The molecular weight excluding hydrogens is 564 g/mol. The minimum atomic E-state index is -1.49. The number of ketones is 1. The molecule has 1 aliphatic heterocycles. The van der Waals surface area contributed by atoms with Crippen molar-refractivity contribution in [2.75, 3.05) is 6.61 Å². The van der Waals surface area contributed by atoms with Crippen LogP contribution >= 0.6 is 11.6 Å². The van der Waals surface area contributed by atoms with Gasteiger partial charge in [0.25, 0.3) is 0 Å². The first-order valence-electron chi connectivity index (χ1n) is 12.4. The number of benzene rings is 2. The molecule has 2 aromatic carbocycles. The molecular formula is C28H29ClO12. The minimum absolute atomic E-state index is 0.00459. The fourth-order valence-corrected chi connectivity index (χ4v) is 4.25. The number of carbonyl (C=O) groups is 5. The maximum absolute atomic E-state index is 12.8. The second-order valence-corrected chi connectivity index (χ2v) is 9.53. The average Bonchev–Trinajstić information content (AvgIpc) is 2.87. The number of rotatable bonds is 10. The molecule has 0 amide bonds. The molecule has 12 nitrogen and oxygen atoms in total. The number of ether oxygens (including phenoxy) is 6. The number of aromatic hydroxyl groups is 1.